The molecular weight excluding hydrogens is 370 g/mol. The van der Waals surface area contributed by atoms with E-state index in [4.69, 9.17) is 20.8 Å². The summed E-state index contributed by atoms with van der Waals surface area (Å²) in [5.41, 5.74) is 0.272. The number of carboxylic acid groups (broad SMARTS) is 1. The van der Waals surface area contributed by atoms with Crippen molar-refractivity contribution in [1.29, 1.82) is 0 Å². The molecule has 0 spiro atoms. The molecule has 0 saturated carbocycles. The highest BCUT2D eigenvalue weighted by atomic mass is 35.5. The van der Waals surface area contributed by atoms with Gasteiger partial charge in [-0.3, -0.25) is 4.79 Å². The van der Waals surface area contributed by atoms with Crippen molar-refractivity contribution >= 4 is 23.5 Å². The number of carbonyl (C=O) groups excluding carboxylic acids is 1. The number of nitrogens with zero attached hydrogens (tertiary/aromatic N) is 1. The fourth-order valence-electron chi connectivity index (χ4n) is 3.64. The van der Waals surface area contributed by atoms with E-state index in [1.807, 2.05) is 18.2 Å². The van der Waals surface area contributed by atoms with Crippen molar-refractivity contribution in [3.8, 4) is 0 Å². The Bertz CT molecular complexity index is 854. The molecule has 0 atom stereocenters. The zero-order chi connectivity index (χ0) is 19.6. The minimum Gasteiger partial charge on any atom is -0.478 e. The number of halogens is 1. The number of carbonyl (C=O) groups is 2. The lowest BCUT2D eigenvalue weighted by molar-refractivity contribution is -0.140. The second-order valence-electron chi connectivity index (χ2n) is 6.85. The van der Waals surface area contributed by atoms with Gasteiger partial charge in [0.25, 0.3) is 0 Å². The Kier molecular flexibility index (Phi) is 5.58. The molecule has 1 aliphatic rings. The average molecular weight is 392 g/mol. The number of hydrogen-bond donors (Lipinski definition) is 1. The van der Waals surface area contributed by atoms with Crippen molar-refractivity contribution < 1.29 is 23.8 Å². The number of hydrogen-bond acceptors (Lipinski definition) is 4. The fourth-order valence-corrected chi connectivity index (χ4v) is 3.83. The second-order valence-corrected chi connectivity index (χ2v) is 7.29. The normalized spacial score (nSPS) is 16.1. The molecule has 6 nitrogen and oxygen atoms in total. The lowest BCUT2D eigenvalue weighted by Gasteiger charge is -2.39. The van der Waals surface area contributed by atoms with Gasteiger partial charge in [-0.15, -0.1) is 0 Å². The number of ether oxygens (including phenoxy) is 1. The first-order valence-electron chi connectivity index (χ1n) is 8.75. The van der Waals surface area contributed by atoms with Gasteiger partial charge in [-0.05, 0) is 43.5 Å². The molecule has 1 amide bonds. The molecule has 0 unspecified atom stereocenters. The number of likely N-dealkylation sites (N-methyl/N-ethyl adjacent to an activating group) is 1. The molecule has 0 radical (unpaired) electrons. The molecule has 1 saturated heterocycles. The van der Waals surface area contributed by atoms with E-state index in [-0.39, 0.29) is 18.0 Å². The van der Waals surface area contributed by atoms with E-state index in [0.717, 1.165) is 5.56 Å². The SMILES string of the molecule is Cc1oc(CN(C)C(=O)C2(c3cccc(Cl)c3)CCOCC2)cc1C(=O)O. The summed E-state index contributed by atoms with van der Waals surface area (Å²) in [5.74, 6) is -0.335. The van der Waals surface area contributed by atoms with E-state index < -0.39 is 11.4 Å². The van der Waals surface area contributed by atoms with E-state index in [1.165, 1.54) is 6.07 Å². The maximum Gasteiger partial charge on any atom is 0.339 e. The molecule has 1 aromatic carbocycles. The van der Waals surface area contributed by atoms with Crippen LogP contribution in [0.25, 0.3) is 0 Å². The molecule has 144 valence electrons. The van der Waals surface area contributed by atoms with E-state index >= 15 is 0 Å². The van der Waals surface area contributed by atoms with Gasteiger partial charge in [-0.25, -0.2) is 4.79 Å². The molecule has 7 heteroatoms. The van der Waals surface area contributed by atoms with Crippen molar-refractivity contribution in [1.82, 2.24) is 4.90 Å². The minimum atomic E-state index is -1.05. The third kappa shape index (κ3) is 3.87. The van der Waals surface area contributed by atoms with Crippen molar-refractivity contribution in [2.45, 2.75) is 31.7 Å². The number of furan rings is 1. The van der Waals surface area contributed by atoms with Gasteiger partial charge in [0.15, 0.2) is 0 Å². The number of aromatic carboxylic acids is 1. The van der Waals surface area contributed by atoms with Gasteiger partial charge < -0.3 is 19.2 Å². The Labute approximate surface area is 162 Å². The Morgan fingerprint density at radius 3 is 2.56 bits per heavy atom. The summed E-state index contributed by atoms with van der Waals surface area (Å²) in [6.45, 7) is 2.78. The van der Waals surface area contributed by atoms with Crippen molar-refractivity contribution in [2.24, 2.45) is 0 Å². The van der Waals surface area contributed by atoms with Crippen LogP contribution >= 0.6 is 11.6 Å². The second kappa shape index (κ2) is 7.74. The van der Waals surface area contributed by atoms with Gasteiger partial charge in [0.1, 0.15) is 17.1 Å². The standard InChI is InChI=1S/C20H22ClNO5/c1-13-17(18(23)24)11-16(27-13)12-22(2)19(25)20(6-8-26-9-7-20)14-4-3-5-15(21)10-14/h3-5,10-11H,6-9,12H2,1-2H3,(H,23,24). The van der Waals surface area contributed by atoms with Gasteiger partial charge in [0.05, 0.1) is 12.0 Å². The zero-order valence-electron chi connectivity index (χ0n) is 15.3. The van der Waals surface area contributed by atoms with E-state index in [0.29, 0.717) is 42.6 Å². The Hall–Kier alpha value is -2.31. The topological polar surface area (TPSA) is 80.0 Å². The lowest BCUT2D eigenvalue weighted by Crippen LogP contribution is -2.48. The van der Waals surface area contributed by atoms with Crippen LogP contribution in [-0.2, 0) is 21.5 Å². The molecule has 1 fully saturated rings. The van der Waals surface area contributed by atoms with Crippen molar-refractivity contribution in [3.05, 3.63) is 58.0 Å². The molecule has 2 aromatic rings. The monoisotopic (exact) mass is 391 g/mol. The molecule has 0 aliphatic carbocycles. The largest absolute Gasteiger partial charge is 0.478 e. The molecule has 1 N–H and O–H groups in total. The van der Waals surface area contributed by atoms with Gasteiger partial charge in [0, 0.05) is 25.3 Å². The summed E-state index contributed by atoms with van der Waals surface area (Å²) in [4.78, 5) is 26.2. The van der Waals surface area contributed by atoms with Gasteiger partial charge >= 0.3 is 5.97 Å². The van der Waals surface area contributed by atoms with Gasteiger partial charge in [-0.2, -0.15) is 0 Å². The third-order valence-electron chi connectivity index (χ3n) is 5.07. The molecule has 1 aliphatic heterocycles. The highest BCUT2D eigenvalue weighted by molar-refractivity contribution is 6.30. The van der Waals surface area contributed by atoms with Gasteiger partial charge in [-0.1, -0.05) is 23.7 Å². The van der Waals surface area contributed by atoms with Crippen LogP contribution in [0.5, 0.6) is 0 Å². The van der Waals surface area contributed by atoms with E-state index in [2.05, 4.69) is 0 Å². The maximum absolute atomic E-state index is 13.4. The molecular formula is C20H22ClNO5. The Balaban J connectivity index is 1.88. The lowest BCUT2D eigenvalue weighted by atomic mass is 9.73. The highest BCUT2D eigenvalue weighted by Gasteiger charge is 2.43. The highest BCUT2D eigenvalue weighted by Crippen LogP contribution is 2.38. The van der Waals surface area contributed by atoms with E-state index in [1.54, 1.807) is 24.9 Å². The first kappa shape index (κ1) is 19.5. The number of rotatable bonds is 5. The van der Waals surface area contributed by atoms with Crippen LogP contribution in [-0.4, -0.2) is 42.1 Å². The van der Waals surface area contributed by atoms with Crippen LogP contribution in [0, 0.1) is 6.92 Å². The molecule has 2 heterocycles. The van der Waals surface area contributed by atoms with Crippen LogP contribution in [0.1, 0.15) is 40.3 Å². The summed E-state index contributed by atoms with van der Waals surface area (Å²) in [5, 5.41) is 9.76. The molecule has 27 heavy (non-hydrogen) atoms. The number of aryl methyl sites for hydroxylation is 1. The first-order valence-corrected chi connectivity index (χ1v) is 9.13. The summed E-state index contributed by atoms with van der Waals surface area (Å²) in [6, 6.07) is 8.85. The number of carboxylic acids is 1. The summed E-state index contributed by atoms with van der Waals surface area (Å²) >= 11 is 6.16. The van der Waals surface area contributed by atoms with Crippen LogP contribution in [0.3, 0.4) is 0 Å². The molecule has 1 aromatic heterocycles. The fraction of sp³-hybridized carbons (Fsp3) is 0.400. The van der Waals surface area contributed by atoms with Gasteiger partial charge in [0.2, 0.25) is 5.91 Å². The maximum atomic E-state index is 13.4. The van der Waals surface area contributed by atoms with Crippen molar-refractivity contribution in [3.63, 3.8) is 0 Å². The number of benzene rings is 1. The predicted octanol–water partition coefficient (Wildman–Crippen LogP) is 3.65. The minimum absolute atomic E-state index is 0.0565. The zero-order valence-corrected chi connectivity index (χ0v) is 16.1. The molecule has 0 bridgehead atoms. The summed E-state index contributed by atoms with van der Waals surface area (Å²) < 4.78 is 11.0. The Morgan fingerprint density at radius 2 is 1.96 bits per heavy atom. The van der Waals surface area contributed by atoms with Crippen LogP contribution in [0.2, 0.25) is 5.02 Å². The van der Waals surface area contributed by atoms with Crippen LogP contribution < -0.4 is 0 Å². The summed E-state index contributed by atoms with van der Waals surface area (Å²) in [7, 11) is 1.70. The van der Waals surface area contributed by atoms with Crippen molar-refractivity contribution in [2.75, 3.05) is 20.3 Å². The first-order chi connectivity index (χ1) is 12.8. The molecule has 3 rings (SSSR count). The predicted molar refractivity (Wildman–Crippen MR) is 100 cm³/mol. The summed E-state index contributed by atoms with van der Waals surface area (Å²) in [6.07, 6.45) is 1.13. The van der Waals surface area contributed by atoms with E-state index in [9.17, 15) is 14.7 Å². The number of amides is 1. The Morgan fingerprint density at radius 1 is 1.26 bits per heavy atom. The third-order valence-corrected chi connectivity index (χ3v) is 5.31. The van der Waals surface area contributed by atoms with Crippen LogP contribution in [0.15, 0.2) is 34.7 Å². The van der Waals surface area contributed by atoms with Crippen LogP contribution in [0.4, 0.5) is 0 Å². The smallest absolute Gasteiger partial charge is 0.339 e. The average Bonchev–Trinajstić information content (AvgIpc) is 3.02. The quantitative estimate of drug-likeness (QED) is 0.841.